The van der Waals surface area contributed by atoms with E-state index in [2.05, 4.69) is 5.32 Å². The maximum Gasteiger partial charge on any atom is 0.264 e. The third-order valence-electron chi connectivity index (χ3n) is 7.39. The van der Waals surface area contributed by atoms with Gasteiger partial charge in [0.25, 0.3) is 10.0 Å². The van der Waals surface area contributed by atoms with Crippen LogP contribution in [0, 0.1) is 5.82 Å². The van der Waals surface area contributed by atoms with Crippen molar-refractivity contribution in [3.05, 3.63) is 130 Å². The first-order valence-corrected chi connectivity index (χ1v) is 16.6. The van der Waals surface area contributed by atoms with Crippen molar-refractivity contribution in [3.8, 4) is 0 Å². The van der Waals surface area contributed by atoms with Gasteiger partial charge in [0.05, 0.1) is 10.6 Å². The first-order valence-electron chi connectivity index (χ1n) is 14.4. The summed E-state index contributed by atoms with van der Waals surface area (Å²) >= 11 is 13.1. The Morgan fingerprint density at radius 3 is 2.00 bits per heavy atom. The molecule has 0 aliphatic heterocycles. The smallest absolute Gasteiger partial charge is 0.264 e. The van der Waals surface area contributed by atoms with Gasteiger partial charge in [-0.1, -0.05) is 84.7 Å². The molecule has 0 radical (unpaired) electrons. The summed E-state index contributed by atoms with van der Waals surface area (Å²) in [7, 11) is -4.35. The van der Waals surface area contributed by atoms with Crippen LogP contribution in [0.4, 0.5) is 10.1 Å². The number of nitrogens with zero attached hydrogens (tertiary/aromatic N) is 2. The van der Waals surface area contributed by atoms with E-state index in [1.54, 1.807) is 48.5 Å². The molecule has 0 saturated heterocycles. The van der Waals surface area contributed by atoms with Crippen LogP contribution in [0.15, 0.2) is 108 Å². The summed E-state index contributed by atoms with van der Waals surface area (Å²) < 4.78 is 42.6. The van der Waals surface area contributed by atoms with E-state index in [-0.39, 0.29) is 29.6 Å². The van der Waals surface area contributed by atoms with Crippen molar-refractivity contribution in [1.82, 2.24) is 10.2 Å². The van der Waals surface area contributed by atoms with Gasteiger partial charge in [-0.15, -0.1) is 0 Å². The summed E-state index contributed by atoms with van der Waals surface area (Å²) in [6, 6.07) is 25.4. The number of sulfonamides is 1. The first-order chi connectivity index (χ1) is 21.5. The molecule has 0 aromatic heterocycles. The summed E-state index contributed by atoms with van der Waals surface area (Å²) in [6.07, 6.45) is 0.804. The van der Waals surface area contributed by atoms with Crippen LogP contribution in [-0.2, 0) is 32.6 Å². The number of hydrogen-bond donors (Lipinski definition) is 1. The lowest BCUT2D eigenvalue weighted by Gasteiger charge is -2.34. The van der Waals surface area contributed by atoms with Crippen molar-refractivity contribution < 1.29 is 22.4 Å². The molecule has 2 unspecified atom stereocenters. The van der Waals surface area contributed by atoms with Gasteiger partial charge < -0.3 is 10.2 Å². The molecule has 2 amide bonds. The molecule has 1 N–H and O–H groups in total. The minimum absolute atomic E-state index is 0.146. The van der Waals surface area contributed by atoms with Gasteiger partial charge >= 0.3 is 0 Å². The summed E-state index contributed by atoms with van der Waals surface area (Å²) in [5, 5.41) is 3.56. The van der Waals surface area contributed by atoms with Crippen molar-refractivity contribution in [3.63, 3.8) is 0 Å². The number of hydrogen-bond acceptors (Lipinski definition) is 4. The molecule has 0 fully saturated rings. The van der Waals surface area contributed by atoms with Gasteiger partial charge in [0, 0.05) is 34.6 Å². The second kappa shape index (κ2) is 15.4. The lowest BCUT2D eigenvalue weighted by molar-refractivity contribution is -0.140. The first kappa shape index (κ1) is 34.0. The lowest BCUT2D eigenvalue weighted by atomic mass is 10.0. The van der Waals surface area contributed by atoms with Crippen molar-refractivity contribution in [2.45, 2.75) is 50.2 Å². The third-order valence-corrected chi connectivity index (χ3v) is 9.88. The SMILES string of the molecule is CCC(C)NC(=O)C(Cc1ccccc1)N(Cc1c(Cl)cccc1Cl)C(=O)CN(c1ccccc1)S(=O)(=O)c1ccc(F)cc1. The Bertz CT molecular complexity index is 1690. The zero-order valence-corrected chi connectivity index (χ0v) is 27.2. The van der Waals surface area contributed by atoms with Crippen LogP contribution < -0.4 is 9.62 Å². The van der Waals surface area contributed by atoms with Crippen LogP contribution in [0.25, 0.3) is 0 Å². The lowest BCUT2D eigenvalue weighted by Crippen LogP contribution is -2.54. The highest BCUT2D eigenvalue weighted by Gasteiger charge is 2.35. The molecule has 0 aliphatic carbocycles. The van der Waals surface area contributed by atoms with Crippen LogP contribution >= 0.6 is 23.2 Å². The molecule has 4 rings (SSSR count). The Hall–Kier alpha value is -3.92. The molecule has 0 spiro atoms. The van der Waals surface area contributed by atoms with Crippen LogP contribution in [0.2, 0.25) is 10.0 Å². The van der Waals surface area contributed by atoms with Gasteiger partial charge in [0.15, 0.2) is 0 Å². The van der Waals surface area contributed by atoms with Gasteiger partial charge in [-0.2, -0.15) is 0 Å². The molecule has 7 nitrogen and oxygen atoms in total. The zero-order chi connectivity index (χ0) is 32.6. The van der Waals surface area contributed by atoms with E-state index in [0.29, 0.717) is 22.0 Å². The number of carbonyl (C=O) groups is 2. The van der Waals surface area contributed by atoms with E-state index in [1.165, 1.54) is 4.90 Å². The molecular weight excluding hydrogens is 636 g/mol. The molecule has 11 heteroatoms. The van der Waals surface area contributed by atoms with Crippen LogP contribution in [-0.4, -0.2) is 43.8 Å². The second-order valence-electron chi connectivity index (χ2n) is 10.5. The number of nitrogens with one attached hydrogen (secondary N) is 1. The van der Waals surface area contributed by atoms with Crippen LogP contribution in [0.5, 0.6) is 0 Å². The molecule has 4 aromatic rings. The molecule has 0 aliphatic rings. The van der Waals surface area contributed by atoms with E-state index in [0.717, 1.165) is 34.1 Å². The highest BCUT2D eigenvalue weighted by molar-refractivity contribution is 7.92. The van der Waals surface area contributed by atoms with Crippen molar-refractivity contribution in [2.24, 2.45) is 0 Å². The number of rotatable bonds is 13. The Kier molecular flexibility index (Phi) is 11.6. The fourth-order valence-electron chi connectivity index (χ4n) is 4.71. The topological polar surface area (TPSA) is 86.8 Å². The fourth-order valence-corrected chi connectivity index (χ4v) is 6.64. The fraction of sp³-hybridized carbons (Fsp3) is 0.235. The number of amides is 2. The highest BCUT2D eigenvalue weighted by atomic mass is 35.5. The average molecular weight is 671 g/mol. The number of anilines is 1. The normalized spacial score (nSPS) is 12.6. The van der Waals surface area contributed by atoms with E-state index >= 15 is 0 Å². The van der Waals surface area contributed by atoms with Crippen LogP contribution in [0.1, 0.15) is 31.4 Å². The van der Waals surface area contributed by atoms with Crippen LogP contribution in [0.3, 0.4) is 0 Å². The highest BCUT2D eigenvalue weighted by Crippen LogP contribution is 2.29. The average Bonchev–Trinajstić information content (AvgIpc) is 3.03. The predicted molar refractivity (Wildman–Crippen MR) is 176 cm³/mol. The standard InChI is InChI=1S/C34H34Cl2FN3O4S/c1-3-24(2)38-34(42)32(21-25-11-6-4-7-12-25)39(22-29-30(35)15-10-16-31(29)36)33(41)23-40(27-13-8-5-9-14-27)45(43,44)28-19-17-26(37)18-20-28/h4-20,24,32H,3,21-23H2,1-2H3,(H,38,42). The molecule has 4 aromatic carbocycles. The monoisotopic (exact) mass is 669 g/mol. The second-order valence-corrected chi connectivity index (χ2v) is 13.2. The summed E-state index contributed by atoms with van der Waals surface area (Å²) in [4.78, 5) is 29.5. The molecular formula is C34H34Cl2FN3O4S. The number of halogens is 3. The van der Waals surface area contributed by atoms with Gasteiger partial charge in [-0.3, -0.25) is 13.9 Å². The summed E-state index contributed by atoms with van der Waals surface area (Å²) in [6.45, 7) is 2.97. The largest absolute Gasteiger partial charge is 0.352 e. The Balaban J connectivity index is 1.82. The molecule has 0 bridgehead atoms. The van der Waals surface area contributed by atoms with E-state index in [1.807, 2.05) is 44.2 Å². The predicted octanol–water partition coefficient (Wildman–Crippen LogP) is 6.88. The van der Waals surface area contributed by atoms with Gasteiger partial charge in [-0.05, 0) is 67.4 Å². The van der Waals surface area contributed by atoms with Crippen molar-refractivity contribution in [2.75, 3.05) is 10.8 Å². The van der Waals surface area contributed by atoms with Crippen molar-refractivity contribution in [1.29, 1.82) is 0 Å². The third kappa shape index (κ3) is 8.63. The van der Waals surface area contributed by atoms with Gasteiger partial charge in [0.2, 0.25) is 11.8 Å². The number of para-hydroxylation sites is 1. The minimum Gasteiger partial charge on any atom is -0.352 e. The van der Waals surface area contributed by atoms with E-state index in [9.17, 15) is 22.4 Å². The Morgan fingerprint density at radius 1 is 0.844 bits per heavy atom. The van der Waals surface area contributed by atoms with Crippen molar-refractivity contribution >= 4 is 50.7 Å². The molecule has 236 valence electrons. The van der Waals surface area contributed by atoms with E-state index < -0.39 is 40.2 Å². The molecule has 45 heavy (non-hydrogen) atoms. The molecule has 0 heterocycles. The number of benzene rings is 4. The quantitative estimate of drug-likeness (QED) is 0.168. The van der Waals surface area contributed by atoms with Gasteiger partial charge in [0.1, 0.15) is 18.4 Å². The molecule has 0 saturated carbocycles. The summed E-state index contributed by atoms with van der Waals surface area (Å²) in [5.74, 6) is -1.67. The van der Waals surface area contributed by atoms with E-state index in [4.69, 9.17) is 23.2 Å². The number of carbonyl (C=O) groups excluding carboxylic acids is 2. The maximum atomic E-state index is 14.5. The molecule has 2 atom stereocenters. The Labute approximate surface area is 273 Å². The minimum atomic E-state index is -4.35. The zero-order valence-electron chi connectivity index (χ0n) is 24.9. The Morgan fingerprint density at radius 2 is 1.42 bits per heavy atom. The summed E-state index contributed by atoms with van der Waals surface area (Å²) in [5.41, 5.74) is 1.43. The maximum absolute atomic E-state index is 14.5. The van der Waals surface area contributed by atoms with Gasteiger partial charge in [-0.25, -0.2) is 12.8 Å².